The van der Waals surface area contributed by atoms with Crippen molar-refractivity contribution in [3.63, 3.8) is 0 Å². The monoisotopic (exact) mass is 252 g/mol. The number of phenols is 1. The van der Waals surface area contributed by atoms with E-state index in [9.17, 15) is 13.5 Å². The van der Waals surface area contributed by atoms with E-state index in [0.29, 0.717) is 0 Å². The van der Waals surface area contributed by atoms with Crippen LogP contribution < -0.4 is 0 Å². The summed E-state index contributed by atoms with van der Waals surface area (Å²) in [4.78, 5) is -1.92. The third-order valence-electron chi connectivity index (χ3n) is 2.63. The summed E-state index contributed by atoms with van der Waals surface area (Å²) in [6.45, 7) is 0. The molecule has 5 heteroatoms. The molecule has 2 rings (SSSR count). The molecule has 90 valence electrons. The zero-order valence-corrected chi connectivity index (χ0v) is 9.76. The Morgan fingerprint density at radius 2 is 1.76 bits per heavy atom. The second kappa shape index (κ2) is 4.01. The molecule has 17 heavy (non-hydrogen) atoms. The fraction of sp³-hybridized carbons (Fsp3) is 0.167. The Kier molecular flexibility index (Phi) is 2.81. The smallest absolute Gasteiger partial charge is 0.211 e. The number of sulfone groups is 1. The topological polar surface area (TPSA) is 74.6 Å². The van der Waals surface area contributed by atoms with Gasteiger partial charge in [0.1, 0.15) is 5.75 Å². The number of hydrogen-bond acceptors (Lipinski definition) is 4. The van der Waals surface area contributed by atoms with Crippen molar-refractivity contribution in [1.82, 2.24) is 0 Å². The highest BCUT2D eigenvalue weighted by atomic mass is 32.2. The minimum absolute atomic E-state index is 0.0160. The predicted octanol–water partition coefficient (Wildman–Crippen LogP) is 1.37. The van der Waals surface area contributed by atoms with Gasteiger partial charge in [-0.1, -0.05) is 18.2 Å². The van der Waals surface area contributed by atoms with E-state index in [2.05, 4.69) is 0 Å². The van der Waals surface area contributed by atoms with Gasteiger partial charge in [0.05, 0.1) is 4.90 Å². The SMILES string of the molecule is O=S(=O)(c1ccc(O)cc1)C1(O)C=CC=CC1. The molecule has 1 aliphatic rings. The van der Waals surface area contributed by atoms with Crippen LogP contribution >= 0.6 is 0 Å². The van der Waals surface area contributed by atoms with Gasteiger partial charge in [0.2, 0.25) is 9.84 Å². The predicted molar refractivity (Wildman–Crippen MR) is 63.1 cm³/mol. The summed E-state index contributed by atoms with van der Waals surface area (Å²) in [5, 5.41) is 19.2. The van der Waals surface area contributed by atoms with Crippen molar-refractivity contribution in [2.75, 3.05) is 0 Å². The molecule has 0 radical (unpaired) electrons. The molecule has 0 heterocycles. The summed E-state index contributed by atoms with van der Waals surface area (Å²) >= 11 is 0. The summed E-state index contributed by atoms with van der Waals surface area (Å²) in [6, 6.07) is 5.10. The van der Waals surface area contributed by atoms with Gasteiger partial charge >= 0.3 is 0 Å². The van der Waals surface area contributed by atoms with Crippen LogP contribution in [0.2, 0.25) is 0 Å². The molecular weight excluding hydrogens is 240 g/mol. The first-order chi connectivity index (χ1) is 7.96. The molecule has 1 unspecified atom stereocenters. The zero-order valence-electron chi connectivity index (χ0n) is 8.95. The van der Waals surface area contributed by atoms with E-state index < -0.39 is 14.8 Å². The van der Waals surface area contributed by atoms with Gasteiger partial charge in [-0.15, -0.1) is 0 Å². The molecule has 1 aromatic carbocycles. The first-order valence-electron chi connectivity index (χ1n) is 5.06. The molecule has 0 amide bonds. The molecule has 0 spiro atoms. The number of allylic oxidation sites excluding steroid dienone is 2. The van der Waals surface area contributed by atoms with Crippen molar-refractivity contribution in [1.29, 1.82) is 0 Å². The Labute approximate surface area is 99.4 Å². The van der Waals surface area contributed by atoms with Crippen molar-refractivity contribution < 1.29 is 18.6 Å². The summed E-state index contributed by atoms with van der Waals surface area (Å²) in [5.74, 6) is -0.0185. The number of benzene rings is 1. The van der Waals surface area contributed by atoms with Crippen molar-refractivity contribution >= 4 is 9.84 Å². The minimum atomic E-state index is -3.87. The normalized spacial score (nSPS) is 23.8. The van der Waals surface area contributed by atoms with Gasteiger partial charge in [-0.3, -0.25) is 0 Å². The van der Waals surface area contributed by atoms with Crippen molar-refractivity contribution in [2.45, 2.75) is 16.2 Å². The van der Waals surface area contributed by atoms with Gasteiger partial charge in [0, 0.05) is 6.42 Å². The Hall–Kier alpha value is -1.59. The van der Waals surface area contributed by atoms with E-state index in [1.807, 2.05) is 0 Å². The quantitative estimate of drug-likeness (QED) is 0.833. The summed E-state index contributed by atoms with van der Waals surface area (Å²) in [7, 11) is -3.87. The summed E-state index contributed by atoms with van der Waals surface area (Å²) in [5.41, 5.74) is 0. The second-order valence-corrected chi connectivity index (χ2v) is 6.02. The molecule has 0 saturated carbocycles. The first kappa shape index (κ1) is 11.9. The Bertz CT molecular complexity index is 569. The Morgan fingerprint density at radius 3 is 2.29 bits per heavy atom. The maximum atomic E-state index is 12.2. The van der Waals surface area contributed by atoms with Gasteiger partial charge in [0.25, 0.3) is 0 Å². The average molecular weight is 252 g/mol. The van der Waals surface area contributed by atoms with E-state index in [1.165, 1.54) is 36.4 Å². The third kappa shape index (κ3) is 1.99. The molecule has 0 bridgehead atoms. The van der Waals surface area contributed by atoms with Crippen LogP contribution in [0.4, 0.5) is 0 Å². The van der Waals surface area contributed by atoms with E-state index in [1.54, 1.807) is 12.2 Å². The lowest BCUT2D eigenvalue weighted by atomic mass is 10.1. The van der Waals surface area contributed by atoms with Gasteiger partial charge in [-0.2, -0.15) is 0 Å². The van der Waals surface area contributed by atoms with Crippen LogP contribution in [0, 0.1) is 0 Å². The van der Waals surface area contributed by atoms with Crippen molar-refractivity contribution in [3.8, 4) is 5.75 Å². The minimum Gasteiger partial charge on any atom is -0.508 e. The molecule has 0 saturated heterocycles. The van der Waals surface area contributed by atoms with Crippen LogP contribution in [0.15, 0.2) is 53.5 Å². The van der Waals surface area contributed by atoms with Crippen LogP contribution in [0.5, 0.6) is 5.75 Å². The Balaban J connectivity index is 2.47. The largest absolute Gasteiger partial charge is 0.508 e. The standard InChI is InChI=1S/C12H12O4S/c13-10-4-6-11(7-5-10)17(15,16)12(14)8-2-1-3-9-12/h1-8,13-14H,9H2. The molecule has 1 aliphatic carbocycles. The first-order valence-corrected chi connectivity index (χ1v) is 6.54. The maximum absolute atomic E-state index is 12.2. The molecule has 1 aromatic rings. The highest BCUT2D eigenvalue weighted by Gasteiger charge is 2.40. The maximum Gasteiger partial charge on any atom is 0.211 e. The summed E-state index contributed by atoms with van der Waals surface area (Å²) < 4.78 is 24.4. The van der Waals surface area contributed by atoms with Gasteiger partial charge in [0.15, 0.2) is 4.93 Å². The van der Waals surface area contributed by atoms with Crippen LogP contribution in [0.3, 0.4) is 0 Å². The Morgan fingerprint density at radius 1 is 1.12 bits per heavy atom. The van der Waals surface area contributed by atoms with Gasteiger partial charge in [-0.05, 0) is 30.3 Å². The van der Waals surface area contributed by atoms with Crippen LogP contribution in [-0.4, -0.2) is 23.6 Å². The van der Waals surface area contributed by atoms with Crippen LogP contribution in [-0.2, 0) is 9.84 Å². The van der Waals surface area contributed by atoms with E-state index in [0.717, 1.165) is 0 Å². The number of aliphatic hydroxyl groups is 1. The van der Waals surface area contributed by atoms with Gasteiger partial charge < -0.3 is 10.2 Å². The van der Waals surface area contributed by atoms with E-state index in [-0.39, 0.29) is 17.1 Å². The number of aromatic hydroxyl groups is 1. The highest BCUT2D eigenvalue weighted by molar-refractivity contribution is 7.92. The fourth-order valence-corrected chi connectivity index (χ4v) is 3.09. The number of hydrogen-bond donors (Lipinski definition) is 2. The summed E-state index contributed by atoms with van der Waals surface area (Å²) in [6.07, 6.45) is 6.06. The second-order valence-electron chi connectivity index (χ2n) is 3.83. The molecule has 2 N–H and O–H groups in total. The lowest BCUT2D eigenvalue weighted by molar-refractivity contribution is 0.175. The van der Waals surface area contributed by atoms with Crippen LogP contribution in [0.25, 0.3) is 0 Å². The molecule has 4 nitrogen and oxygen atoms in total. The van der Waals surface area contributed by atoms with Crippen molar-refractivity contribution in [2.24, 2.45) is 0 Å². The van der Waals surface area contributed by atoms with Gasteiger partial charge in [-0.25, -0.2) is 8.42 Å². The van der Waals surface area contributed by atoms with Crippen LogP contribution in [0.1, 0.15) is 6.42 Å². The molecule has 0 aliphatic heterocycles. The highest BCUT2D eigenvalue weighted by Crippen LogP contribution is 2.31. The lowest BCUT2D eigenvalue weighted by Gasteiger charge is -2.24. The van der Waals surface area contributed by atoms with E-state index in [4.69, 9.17) is 5.11 Å². The third-order valence-corrected chi connectivity index (χ3v) is 4.75. The fourth-order valence-electron chi connectivity index (χ4n) is 1.62. The molecule has 0 aromatic heterocycles. The lowest BCUT2D eigenvalue weighted by Crippen LogP contribution is -2.36. The molecule has 0 fully saturated rings. The molecule has 1 atom stereocenters. The van der Waals surface area contributed by atoms with Crippen molar-refractivity contribution in [3.05, 3.63) is 48.6 Å². The molecular formula is C12H12O4S. The number of rotatable bonds is 2. The number of phenolic OH excluding ortho intramolecular Hbond substituents is 1. The zero-order chi connectivity index (χ0) is 12.5. The van der Waals surface area contributed by atoms with E-state index >= 15 is 0 Å². The average Bonchev–Trinajstić information content (AvgIpc) is 2.30.